The van der Waals surface area contributed by atoms with E-state index >= 15 is 0 Å². The molecule has 0 unspecified atom stereocenters. The number of anilines is 1. The predicted octanol–water partition coefficient (Wildman–Crippen LogP) is 3.46. The van der Waals surface area contributed by atoms with Crippen LogP contribution in [0, 0.1) is 6.92 Å². The van der Waals surface area contributed by atoms with Gasteiger partial charge in [0.2, 0.25) is 5.88 Å². The molecule has 24 heavy (non-hydrogen) atoms. The molecule has 0 saturated heterocycles. The highest BCUT2D eigenvalue weighted by molar-refractivity contribution is 7.92. The van der Waals surface area contributed by atoms with Crippen molar-refractivity contribution >= 4 is 15.9 Å². The molecule has 0 saturated carbocycles. The number of methoxy groups -OCH3 is 1. The Morgan fingerprint density at radius 1 is 1.12 bits per heavy atom. The summed E-state index contributed by atoms with van der Waals surface area (Å²) in [6, 6.07) is 13.8. The maximum absolute atomic E-state index is 12.5. The number of benzene rings is 2. The van der Waals surface area contributed by atoms with Gasteiger partial charge in [-0.15, -0.1) is 0 Å². The number of hydrogen-bond acceptors (Lipinski definition) is 5. The second-order valence-corrected chi connectivity index (χ2v) is 6.90. The van der Waals surface area contributed by atoms with Crippen LogP contribution in [-0.2, 0) is 10.0 Å². The lowest BCUT2D eigenvalue weighted by atomic mass is 10.1. The molecule has 6 nitrogen and oxygen atoms in total. The van der Waals surface area contributed by atoms with E-state index in [-0.39, 0.29) is 10.8 Å². The predicted molar refractivity (Wildman–Crippen MR) is 90.5 cm³/mol. The second-order valence-electron chi connectivity index (χ2n) is 5.22. The molecule has 0 aliphatic heterocycles. The van der Waals surface area contributed by atoms with E-state index in [1.165, 1.54) is 12.3 Å². The van der Waals surface area contributed by atoms with Crippen molar-refractivity contribution in [2.24, 2.45) is 0 Å². The molecule has 0 atom stereocenters. The minimum Gasteiger partial charge on any atom is -0.497 e. The number of ether oxygens (including phenoxy) is 1. The van der Waals surface area contributed by atoms with Gasteiger partial charge in [0.25, 0.3) is 10.0 Å². The summed E-state index contributed by atoms with van der Waals surface area (Å²) in [5.41, 5.74) is 2.17. The van der Waals surface area contributed by atoms with Gasteiger partial charge in [-0.2, -0.15) is 0 Å². The molecule has 0 aliphatic rings. The number of sulfonamides is 1. The lowest BCUT2D eigenvalue weighted by Gasteiger charge is -2.08. The summed E-state index contributed by atoms with van der Waals surface area (Å²) in [4.78, 5) is 0.166. The van der Waals surface area contributed by atoms with Gasteiger partial charge in [-0.05, 0) is 42.3 Å². The average molecular weight is 344 g/mol. The molecule has 0 radical (unpaired) electrons. The van der Waals surface area contributed by atoms with Gasteiger partial charge >= 0.3 is 0 Å². The van der Waals surface area contributed by atoms with E-state index < -0.39 is 10.0 Å². The fourth-order valence-electron chi connectivity index (χ4n) is 2.25. The molecule has 0 fully saturated rings. The first-order valence-corrected chi connectivity index (χ1v) is 8.66. The maximum atomic E-state index is 12.5. The van der Waals surface area contributed by atoms with Crippen LogP contribution in [0.2, 0.25) is 0 Å². The summed E-state index contributed by atoms with van der Waals surface area (Å²) >= 11 is 0. The van der Waals surface area contributed by atoms with Crippen LogP contribution >= 0.6 is 0 Å². The lowest BCUT2D eigenvalue weighted by molar-refractivity contribution is 0.415. The highest BCUT2D eigenvalue weighted by atomic mass is 32.2. The van der Waals surface area contributed by atoms with Crippen molar-refractivity contribution in [2.75, 3.05) is 11.8 Å². The Hall–Kier alpha value is -2.80. The largest absolute Gasteiger partial charge is 0.497 e. The quantitative estimate of drug-likeness (QED) is 0.766. The SMILES string of the molecule is COc1ccc(-c2cnoc2NS(=O)(=O)c2cccc(C)c2)cc1. The smallest absolute Gasteiger partial charge is 0.264 e. The minimum absolute atomic E-state index is 0.0710. The third kappa shape index (κ3) is 3.26. The van der Waals surface area contributed by atoms with Gasteiger partial charge in [-0.3, -0.25) is 0 Å². The van der Waals surface area contributed by atoms with E-state index in [2.05, 4.69) is 9.88 Å². The van der Waals surface area contributed by atoms with Gasteiger partial charge in [0.15, 0.2) is 0 Å². The average Bonchev–Trinajstić information content (AvgIpc) is 3.02. The topological polar surface area (TPSA) is 81.4 Å². The van der Waals surface area contributed by atoms with Crippen molar-refractivity contribution in [1.82, 2.24) is 5.16 Å². The summed E-state index contributed by atoms with van der Waals surface area (Å²) in [7, 11) is -2.18. The molecule has 3 aromatic rings. The number of hydrogen-bond donors (Lipinski definition) is 1. The Morgan fingerprint density at radius 3 is 2.54 bits per heavy atom. The zero-order valence-electron chi connectivity index (χ0n) is 13.2. The standard InChI is InChI=1S/C17H16N2O4S/c1-12-4-3-5-15(10-12)24(20,21)19-17-16(11-18-23-17)13-6-8-14(22-2)9-7-13/h3-11,19H,1-2H3. The van der Waals surface area contributed by atoms with Crippen LogP contribution in [0.15, 0.2) is 64.1 Å². The van der Waals surface area contributed by atoms with E-state index in [4.69, 9.17) is 9.26 Å². The first kappa shape index (κ1) is 16.1. The first-order chi connectivity index (χ1) is 11.5. The molecule has 124 valence electrons. The number of aromatic nitrogens is 1. The van der Waals surface area contributed by atoms with Gasteiger partial charge in [0.05, 0.1) is 23.8 Å². The Labute approximate surface area is 140 Å². The number of nitrogens with zero attached hydrogens (tertiary/aromatic N) is 1. The lowest BCUT2D eigenvalue weighted by Crippen LogP contribution is -2.13. The van der Waals surface area contributed by atoms with Crippen molar-refractivity contribution in [2.45, 2.75) is 11.8 Å². The van der Waals surface area contributed by atoms with Crippen molar-refractivity contribution < 1.29 is 17.7 Å². The molecule has 1 heterocycles. The highest BCUT2D eigenvalue weighted by Gasteiger charge is 2.20. The molecule has 3 rings (SSSR count). The molecule has 0 spiro atoms. The van der Waals surface area contributed by atoms with Gasteiger partial charge in [0, 0.05) is 0 Å². The van der Waals surface area contributed by atoms with Crippen molar-refractivity contribution in [1.29, 1.82) is 0 Å². The van der Waals surface area contributed by atoms with Crippen LogP contribution in [0.4, 0.5) is 5.88 Å². The van der Waals surface area contributed by atoms with E-state index in [1.807, 2.05) is 13.0 Å². The molecular formula is C17H16N2O4S. The van der Waals surface area contributed by atoms with Crippen LogP contribution in [0.5, 0.6) is 5.75 Å². The van der Waals surface area contributed by atoms with Crippen LogP contribution in [0.25, 0.3) is 11.1 Å². The Kier molecular flexibility index (Phi) is 4.26. The van der Waals surface area contributed by atoms with Gasteiger partial charge in [-0.25, -0.2) is 13.1 Å². The van der Waals surface area contributed by atoms with Crippen molar-refractivity contribution in [3.63, 3.8) is 0 Å². The van der Waals surface area contributed by atoms with Crippen LogP contribution < -0.4 is 9.46 Å². The Balaban J connectivity index is 1.93. The fraction of sp³-hybridized carbons (Fsp3) is 0.118. The zero-order chi connectivity index (χ0) is 17.2. The molecule has 0 aliphatic carbocycles. The fourth-order valence-corrected chi connectivity index (χ4v) is 3.36. The van der Waals surface area contributed by atoms with Crippen LogP contribution in [0.3, 0.4) is 0 Å². The van der Waals surface area contributed by atoms with Gasteiger partial charge in [-0.1, -0.05) is 29.4 Å². The highest BCUT2D eigenvalue weighted by Crippen LogP contribution is 2.30. The zero-order valence-corrected chi connectivity index (χ0v) is 14.0. The van der Waals surface area contributed by atoms with E-state index in [1.54, 1.807) is 43.5 Å². The number of aryl methyl sites for hydroxylation is 1. The van der Waals surface area contributed by atoms with E-state index in [0.29, 0.717) is 11.3 Å². The molecule has 7 heteroatoms. The molecule has 1 N–H and O–H groups in total. The minimum atomic E-state index is -3.76. The molecule has 1 aromatic heterocycles. The third-order valence-electron chi connectivity index (χ3n) is 3.50. The Bertz CT molecular complexity index is 947. The van der Waals surface area contributed by atoms with E-state index in [0.717, 1.165) is 11.1 Å². The van der Waals surface area contributed by atoms with Crippen LogP contribution in [-0.4, -0.2) is 20.7 Å². The summed E-state index contributed by atoms with van der Waals surface area (Å²) in [6.45, 7) is 1.83. The summed E-state index contributed by atoms with van der Waals surface area (Å²) in [5.74, 6) is 0.777. The molecular weight excluding hydrogens is 328 g/mol. The summed E-state index contributed by atoms with van der Waals surface area (Å²) in [5, 5.41) is 3.70. The first-order valence-electron chi connectivity index (χ1n) is 7.18. The normalized spacial score (nSPS) is 11.2. The number of rotatable bonds is 5. The monoisotopic (exact) mass is 344 g/mol. The molecule has 0 bridgehead atoms. The Morgan fingerprint density at radius 2 is 1.88 bits per heavy atom. The third-order valence-corrected chi connectivity index (χ3v) is 4.83. The van der Waals surface area contributed by atoms with Gasteiger partial charge in [0.1, 0.15) is 5.75 Å². The summed E-state index contributed by atoms with van der Waals surface area (Å²) in [6.07, 6.45) is 1.47. The summed E-state index contributed by atoms with van der Waals surface area (Å²) < 4.78 is 37.7. The second kappa shape index (κ2) is 6.37. The van der Waals surface area contributed by atoms with Crippen molar-refractivity contribution in [3.05, 3.63) is 60.3 Å². The van der Waals surface area contributed by atoms with Crippen LogP contribution in [0.1, 0.15) is 5.56 Å². The number of nitrogens with one attached hydrogen (secondary N) is 1. The molecule has 0 amide bonds. The molecule has 2 aromatic carbocycles. The maximum Gasteiger partial charge on any atom is 0.264 e. The van der Waals surface area contributed by atoms with Crippen molar-refractivity contribution in [3.8, 4) is 16.9 Å². The van der Waals surface area contributed by atoms with Gasteiger partial charge < -0.3 is 9.26 Å². The van der Waals surface area contributed by atoms with E-state index in [9.17, 15) is 8.42 Å².